The maximum atomic E-state index is 6.62. The number of benzene rings is 2. The van der Waals surface area contributed by atoms with Gasteiger partial charge in [0.15, 0.2) is 0 Å². The van der Waals surface area contributed by atoms with Crippen molar-refractivity contribution in [2.75, 3.05) is 13.1 Å². The van der Waals surface area contributed by atoms with Gasteiger partial charge < -0.3 is 4.74 Å². The maximum Gasteiger partial charge on any atom is 0.141 e. The van der Waals surface area contributed by atoms with Crippen LogP contribution in [0.1, 0.15) is 35.6 Å². The van der Waals surface area contributed by atoms with Crippen molar-refractivity contribution in [2.24, 2.45) is 0 Å². The molecule has 1 aliphatic rings. The van der Waals surface area contributed by atoms with Gasteiger partial charge in [-0.25, -0.2) is 0 Å². The zero-order chi connectivity index (χ0) is 19.2. The van der Waals surface area contributed by atoms with Crippen molar-refractivity contribution >= 4 is 13.4 Å². The number of ether oxygens (including phenoxy) is 1. The van der Waals surface area contributed by atoms with Gasteiger partial charge in [-0.2, -0.15) is 0 Å². The zero-order valence-corrected chi connectivity index (χ0v) is 16.1. The van der Waals surface area contributed by atoms with E-state index in [1.165, 1.54) is 16.7 Å². The molecule has 0 spiro atoms. The molecule has 2 heterocycles. The first-order valence-electron chi connectivity index (χ1n) is 9.96. The smallest absolute Gasteiger partial charge is 0.141 e. The molecule has 0 atom stereocenters. The molecule has 3 nitrogen and oxygen atoms in total. The Bertz CT molecular complexity index is 825. The van der Waals surface area contributed by atoms with Crippen LogP contribution >= 0.6 is 0 Å². The summed E-state index contributed by atoms with van der Waals surface area (Å²) in [7, 11) is 5.80. The average molecular weight is 368 g/mol. The fraction of sp³-hybridized carbons (Fsp3) is 0.292. The fourth-order valence-electron chi connectivity index (χ4n) is 3.85. The lowest BCUT2D eigenvalue weighted by Gasteiger charge is -2.34. The van der Waals surface area contributed by atoms with E-state index >= 15 is 0 Å². The van der Waals surface area contributed by atoms with Crippen LogP contribution in [0.15, 0.2) is 79.0 Å². The van der Waals surface area contributed by atoms with Gasteiger partial charge in [-0.3, -0.25) is 9.88 Å². The number of pyridine rings is 1. The molecule has 1 saturated heterocycles. The second-order valence-corrected chi connectivity index (χ2v) is 7.40. The van der Waals surface area contributed by atoms with Crippen molar-refractivity contribution in [1.82, 2.24) is 9.88 Å². The van der Waals surface area contributed by atoms with Gasteiger partial charge in [0.1, 0.15) is 14.0 Å². The summed E-state index contributed by atoms with van der Waals surface area (Å²) in [6.45, 7) is 2.98. The lowest BCUT2D eigenvalue weighted by molar-refractivity contribution is -0.0281. The molecule has 0 aliphatic carbocycles. The van der Waals surface area contributed by atoms with E-state index in [9.17, 15) is 0 Å². The third-order valence-electron chi connectivity index (χ3n) is 5.32. The Balaban J connectivity index is 1.39. The molecule has 0 saturated carbocycles. The van der Waals surface area contributed by atoms with Crippen LogP contribution in [-0.2, 0) is 11.3 Å². The molecule has 2 radical (unpaired) electrons. The minimum absolute atomic E-state index is 0.0149. The maximum absolute atomic E-state index is 6.62. The van der Waals surface area contributed by atoms with E-state index in [-0.39, 0.29) is 12.2 Å². The van der Waals surface area contributed by atoms with Gasteiger partial charge in [-0.05, 0) is 47.3 Å². The van der Waals surface area contributed by atoms with Gasteiger partial charge in [0.2, 0.25) is 0 Å². The van der Waals surface area contributed by atoms with Gasteiger partial charge in [-0.15, -0.1) is 0 Å². The molecular weight excluding hydrogens is 343 g/mol. The SMILES string of the molecule is [B]c1cc(CN2CCC(OC(c3ccccc3)c3ccccc3)CC2)ccn1. The number of nitrogens with zero attached hydrogens (tertiary/aromatic N) is 2. The standard InChI is InChI=1S/C24H25BN2O/c25-23-17-19(11-14-26-23)18-27-15-12-22(13-16-27)28-24(20-7-3-1-4-8-20)21-9-5-2-6-10-21/h1-11,14,17,22,24H,12-13,15-16,18H2. The molecule has 28 heavy (non-hydrogen) atoms. The summed E-state index contributed by atoms with van der Waals surface area (Å²) in [5.41, 5.74) is 4.23. The third-order valence-corrected chi connectivity index (χ3v) is 5.32. The molecule has 1 aromatic heterocycles. The monoisotopic (exact) mass is 368 g/mol. The van der Waals surface area contributed by atoms with Crippen LogP contribution in [-0.4, -0.2) is 36.9 Å². The van der Waals surface area contributed by atoms with Gasteiger partial charge in [0.25, 0.3) is 0 Å². The van der Waals surface area contributed by atoms with Crippen molar-refractivity contribution in [3.8, 4) is 0 Å². The first-order chi connectivity index (χ1) is 13.8. The number of aromatic nitrogens is 1. The van der Waals surface area contributed by atoms with E-state index in [0.29, 0.717) is 5.59 Å². The van der Waals surface area contributed by atoms with E-state index in [2.05, 4.69) is 70.5 Å². The van der Waals surface area contributed by atoms with Crippen LogP contribution in [0.3, 0.4) is 0 Å². The molecule has 0 bridgehead atoms. The summed E-state index contributed by atoms with van der Waals surface area (Å²) < 4.78 is 6.62. The number of likely N-dealkylation sites (tertiary alicyclic amines) is 1. The summed E-state index contributed by atoms with van der Waals surface area (Å²) in [5.74, 6) is 0. The Morgan fingerprint density at radius 1 is 0.929 bits per heavy atom. The molecule has 0 unspecified atom stereocenters. The van der Waals surface area contributed by atoms with Crippen LogP contribution in [0.4, 0.5) is 0 Å². The molecule has 2 aromatic carbocycles. The Hall–Kier alpha value is -2.43. The molecule has 4 heteroatoms. The summed E-state index contributed by atoms with van der Waals surface area (Å²) in [5, 5.41) is 0. The molecular formula is C24H25BN2O. The quantitative estimate of drug-likeness (QED) is 0.621. The number of piperidine rings is 1. The fourth-order valence-corrected chi connectivity index (χ4v) is 3.85. The normalized spacial score (nSPS) is 15.8. The van der Waals surface area contributed by atoms with Gasteiger partial charge in [-0.1, -0.05) is 60.7 Å². The Labute approximate surface area is 168 Å². The lowest BCUT2D eigenvalue weighted by Crippen LogP contribution is -2.37. The predicted molar refractivity (Wildman–Crippen MR) is 114 cm³/mol. The van der Waals surface area contributed by atoms with Crippen LogP contribution in [0.5, 0.6) is 0 Å². The van der Waals surface area contributed by atoms with Crippen molar-refractivity contribution < 1.29 is 4.74 Å². The molecule has 0 amide bonds. The van der Waals surface area contributed by atoms with E-state index in [0.717, 1.165) is 32.5 Å². The lowest BCUT2D eigenvalue weighted by atomic mass is 9.99. The van der Waals surface area contributed by atoms with Crippen molar-refractivity contribution in [3.05, 3.63) is 95.7 Å². The molecule has 1 aliphatic heterocycles. The van der Waals surface area contributed by atoms with Gasteiger partial charge in [0.05, 0.1) is 6.10 Å². The Morgan fingerprint density at radius 2 is 1.54 bits per heavy atom. The highest BCUT2D eigenvalue weighted by Crippen LogP contribution is 2.30. The minimum Gasteiger partial charge on any atom is -0.365 e. The van der Waals surface area contributed by atoms with Crippen molar-refractivity contribution in [3.63, 3.8) is 0 Å². The van der Waals surface area contributed by atoms with E-state index in [1.807, 2.05) is 12.1 Å². The largest absolute Gasteiger partial charge is 0.365 e. The molecule has 0 N–H and O–H groups in total. The highest BCUT2D eigenvalue weighted by molar-refractivity contribution is 6.30. The predicted octanol–water partition coefficient (Wildman–Crippen LogP) is 3.65. The van der Waals surface area contributed by atoms with Gasteiger partial charge >= 0.3 is 0 Å². The average Bonchev–Trinajstić information content (AvgIpc) is 2.74. The third kappa shape index (κ3) is 4.89. The first kappa shape index (κ1) is 18.9. The first-order valence-corrected chi connectivity index (χ1v) is 9.96. The summed E-state index contributed by atoms with van der Waals surface area (Å²) in [4.78, 5) is 6.54. The van der Waals surface area contributed by atoms with Gasteiger partial charge in [0, 0.05) is 25.8 Å². The number of hydrogen-bond acceptors (Lipinski definition) is 3. The van der Waals surface area contributed by atoms with E-state index in [4.69, 9.17) is 12.6 Å². The summed E-state index contributed by atoms with van der Waals surface area (Å²) >= 11 is 0. The minimum atomic E-state index is -0.0149. The zero-order valence-electron chi connectivity index (χ0n) is 16.1. The molecule has 4 rings (SSSR count). The van der Waals surface area contributed by atoms with Crippen LogP contribution in [0, 0.1) is 0 Å². The van der Waals surface area contributed by atoms with Crippen molar-refractivity contribution in [2.45, 2.75) is 31.6 Å². The summed E-state index contributed by atoms with van der Waals surface area (Å²) in [6, 6.07) is 25.0. The van der Waals surface area contributed by atoms with E-state index in [1.54, 1.807) is 6.20 Å². The molecule has 140 valence electrons. The topological polar surface area (TPSA) is 25.4 Å². The van der Waals surface area contributed by atoms with Crippen LogP contribution in [0.25, 0.3) is 0 Å². The molecule has 1 fully saturated rings. The second kappa shape index (κ2) is 9.18. The number of hydrogen-bond donors (Lipinski definition) is 0. The highest BCUT2D eigenvalue weighted by atomic mass is 16.5. The van der Waals surface area contributed by atoms with Crippen molar-refractivity contribution in [1.29, 1.82) is 0 Å². The highest BCUT2D eigenvalue weighted by Gasteiger charge is 2.24. The summed E-state index contributed by atoms with van der Waals surface area (Å²) in [6.07, 6.45) is 4.11. The number of rotatable bonds is 6. The van der Waals surface area contributed by atoms with E-state index < -0.39 is 0 Å². The second-order valence-electron chi connectivity index (χ2n) is 7.40. The van der Waals surface area contributed by atoms with Crippen LogP contribution in [0.2, 0.25) is 0 Å². The Morgan fingerprint density at radius 3 is 2.11 bits per heavy atom. The molecule has 3 aromatic rings. The Kier molecular flexibility index (Phi) is 6.20. The van der Waals surface area contributed by atoms with Crippen LogP contribution < -0.4 is 5.59 Å².